The smallest absolute Gasteiger partial charge is 0.410 e. The van der Waals surface area contributed by atoms with Gasteiger partial charge in [-0.2, -0.15) is 5.10 Å². The molecule has 1 aliphatic rings. The molecule has 0 spiro atoms. The maximum Gasteiger partial charge on any atom is 0.410 e. The monoisotopic (exact) mass is 280 g/mol. The van der Waals surface area contributed by atoms with Crippen LogP contribution in [-0.4, -0.2) is 45.5 Å². The summed E-state index contributed by atoms with van der Waals surface area (Å²) in [7, 11) is 1.91. The van der Waals surface area contributed by atoms with Gasteiger partial charge in [-0.3, -0.25) is 4.68 Å². The number of ether oxygens (including phenoxy) is 1. The molecule has 6 heteroatoms. The largest absolute Gasteiger partial charge is 0.444 e. The molecule has 0 bridgehead atoms. The van der Waals surface area contributed by atoms with Crippen molar-refractivity contribution >= 4 is 6.09 Å². The summed E-state index contributed by atoms with van der Waals surface area (Å²) < 4.78 is 7.17. The van der Waals surface area contributed by atoms with Crippen LogP contribution in [0, 0.1) is 0 Å². The first kappa shape index (κ1) is 14.8. The minimum atomic E-state index is -0.432. The molecule has 1 N–H and O–H groups in total. The Morgan fingerprint density at radius 2 is 2.30 bits per heavy atom. The number of nitrogens with one attached hydrogen (secondary N) is 1. The van der Waals surface area contributed by atoms with Crippen molar-refractivity contribution in [2.24, 2.45) is 7.05 Å². The third kappa shape index (κ3) is 4.23. The predicted molar refractivity (Wildman–Crippen MR) is 76.3 cm³/mol. The van der Waals surface area contributed by atoms with Gasteiger partial charge in [-0.15, -0.1) is 0 Å². The third-order valence-electron chi connectivity index (χ3n) is 3.19. The van der Waals surface area contributed by atoms with Gasteiger partial charge in [-0.25, -0.2) is 4.79 Å². The second-order valence-electron chi connectivity index (χ2n) is 6.32. The molecular weight excluding hydrogens is 256 g/mol. The molecule has 1 amide bonds. The van der Waals surface area contributed by atoms with Crippen molar-refractivity contribution in [2.45, 2.75) is 45.4 Å². The van der Waals surface area contributed by atoms with E-state index in [0.29, 0.717) is 12.6 Å². The Bertz CT molecular complexity index is 464. The number of rotatable bonds is 3. The van der Waals surface area contributed by atoms with Gasteiger partial charge >= 0.3 is 6.09 Å². The molecule has 1 fully saturated rings. The number of carbonyl (C=O) groups excluding carboxylic acids is 1. The van der Waals surface area contributed by atoms with Crippen molar-refractivity contribution in [3.05, 3.63) is 18.0 Å². The highest BCUT2D eigenvalue weighted by Crippen LogP contribution is 2.15. The highest BCUT2D eigenvalue weighted by molar-refractivity contribution is 5.68. The van der Waals surface area contributed by atoms with Crippen LogP contribution >= 0.6 is 0 Å². The van der Waals surface area contributed by atoms with Gasteiger partial charge in [0.25, 0.3) is 0 Å². The minimum absolute atomic E-state index is 0.219. The molecule has 1 aromatic heterocycles. The molecule has 112 valence electrons. The van der Waals surface area contributed by atoms with Crippen LogP contribution in [-0.2, 0) is 18.3 Å². The molecule has 0 aliphatic carbocycles. The molecule has 2 heterocycles. The zero-order valence-corrected chi connectivity index (χ0v) is 12.7. The van der Waals surface area contributed by atoms with Crippen LogP contribution in [0.5, 0.6) is 0 Å². The maximum atomic E-state index is 11.9. The SMILES string of the molecule is Cn1cc(CNC2CCN(C(=O)OC(C)(C)C)C2)cn1. The lowest BCUT2D eigenvalue weighted by molar-refractivity contribution is 0.0291. The zero-order valence-electron chi connectivity index (χ0n) is 12.7. The highest BCUT2D eigenvalue weighted by atomic mass is 16.6. The van der Waals surface area contributed by atoms with Crippen molar-refractivity contribution in [2.75, 3.05) is 13.1 Å². The van der Waals surface area contributed by atoms with Crippen LogP contribution in [0.4, 0.5) is 4.79 Å². The van der Waals surface area contributed by atoms with Gasteiger partial charge < -0.3 is 15.0 Å². The Morgan fingerprint density at radius 3 is 2.90 bits per heavy atom. The second kappa shape index (κ2) is 5.83. The van der Waals surface area contributed by atoms with Crippen LogP contribution in [0.2, 0.25) is 0 Å². The third-order valence-corrected chi connectivity index (χ3v) is 3.19. The van der Waals surface area contributed by atoms with E-state index in [1.165, 1.54) is 0 Å². The number of hydrogen-bond donors (Lipinski definition) is 1. The number of hydrogen-bond acceptors (Lipinski definition) is 4. The number of nitrogens with zero attached hydrogens (tertiary/aromatic N) is 3. The van der Waals surface area contributed by atoms with E-state index in [-0.39, 0.29) is 6.09 Å². The molecule has 0 radical (unpaired) electrons. The van der Waals surface area contributed by atoms with Crippen LogP contribution < -0.4 is 5.32 Å². The molecule has 1 aliphatic heterocycles. The molecule has 2 rings (SSSR count). The van der Waals surface area contributed by atoms with E-state index < -0.39 is 5.60 Å². The Hall–Kier alpha value is -1.56. The number of aryl methyl sites for hydroxylation is 1. The summed E-state index contributed by atoms with van der Waals surface area (Å²) in [6.07, 6.45) is 4.59. The summed E-state index contributed by atoms with van der Waals surface area (Å²) in [6, 6.07) is 0.322. The van der Waals surface area contributed by atoms with E-state index in [2.05, 4.69) is 10.4 Å². The lowest BCUT2D eigenvalue weighted by Crippen LogP contribution is -2.38. The van der Waals surface area contributed by atoms with Crippen LogP contribution in [0.15, 0.2) is 12.4 Å². The Kier molecular flexibility index (Phi) is 4.32. The van der Waals surface area contributed by atoms with Gasteiger partial charge in [-0.05, 0) is 27.2 Å². The number of aromatic nitrogens is 2. The molecule has 1 atom stereocenters. The van der Waals surface area contributed by atoms with Crippen molar-refractivity contribution in [3.8, 4) is 0 Å². The van der Waals surface area contributed by atoms with E-state index in [1.54, 1.807) is 9.58 Å². The molecular formula is C14H24N4O2. The van der Waals surface area contributed by atoms with E-state index in [0.717, 1.165) is 25.1 Å². The normalized spacial score (nSPS) is 19.4. The average molecular weight is 280 g/mol. The Balaban J connectivity index is 1.76. The van der Waals surface area contributed by atoms with Crippen LogP contribution in [0.25, 0.3) is 0 Å². The standard InChI is InChI=1S/C14H24N4O2/c1-14(2,3)20-13(19)18-6-5-12(10-18)15-7-11-8-16-17(4)9-11/h8-9,12,15H,5-7,10H2,1-4H3. The van der Waals surface area contributed by atoms with Crippen molar-refractivity contribution in [3.63, 3.8) is 0 Å². The Labute approximate surface area is 120 Å². The van der Waals surface area contributed by atoms with Crippen molar-refractivity contribution in [1.82, 2.24) is 20.0 Å². The van der Waals surface area contributed by atoms with E-state index in [1.807, 2.05) is 40.2 Å². The fourth-order valence-corrected chi connectivity index (χ4v) is 2.24. The molecule has 1 saturated heterocycles. The van der Waals surface area contributed by atoms with Gasteiger partial charge in [0, 0.05) is 44.5 Å². The van der Waals surface area contributed by atoms with E-state index in [4.69, 9.17) is 4.74 Å². The summed E-state index contributed by atoms with van der Waals surface area (Å²) in [5, 5.41) is 7.59. The number of carbonyl (C=O) groups is 1. The lowest BCUT2D eigenvalue weighted by Gasteiger charge is -2.24. The molecule has 0 aromatic carbocycles. The van der Waals surface area contributed by atoms with E-state index in [9.17, 15) is 4.79 Å². The van der Waals surface area contributed by atoms with Crippen LogP contribution in [0.3, 0.4) is 0 Å². The van der Waals surface area contributed by atoms with Gasteiger partial charge in [0.05, 0.1) is 6.20 Å². The molecule has 0 saturated carbocycles. The first-order valence-electron chi connectivity index (χ1n) is 7.02. The van der Waals surface area contributed by atoms with Crippen LogP contribution in [0.1, 0.15) is 32.8 Å². The lowest BCUT2D eigenvalue weighted by atomic mass is 10.2. The number of amides is 1. The summed E-state index contributed by atoms with van der Waals surface area (Å²) in [5.41, 5.74) is 0.724. The summed E-state index contributed by atoms with van der Waals surface area (Å²) >= 11 is 0. The Morgan fingerprint density at radius 1 is 1.55 bits per heavy atom. The van der Waals surface area contributed by atoms with Gasteiger partial charge in [-0.1, -0.05) is 0 Å². The predicted octanol–water partition coefficient (Wildman–Crippen LogP) is 1.52. The van der Waals surface area contributed by atoms with Crippen molar-refractivity contribution in [1.29, 1.82) is 0 Å². The fraction of sp³-hybridized carbons (Fsp3) is 0.714. The van der Waals surface area contributed by atoms with E-state index >= 15 is 0 Å². The van der Waals surface area contributed by atoms with Gasteiger partial charge in [0.1, 0.15) is 5.60 Å². The summed E-state index contributed by atoms with van der Waals surface area (Å²) in [4.78, 5) is 13.7. The average Bonchev–Trinajstić information content (AvgIpc) is 2.93. The molecule has 1 unspecified atom stereocenters. The maximum absolute atomic E-state index is 11.9. The first-order valence-corrected chi connectivity index (χ1v) is 7.02. The van der Waals surface area contributed by atoms with Gasteiger partial charge in [0.15, 0.2) is 0 Å². The summed E-state index contributed by atoms with van der Waals surface area (Å²) in [6.45, 7) is 7.90. The second-order valence-corrected chi connectivity index (χ2v) is 6.32. The highest BCUT2D eigenvalue weighted by Gasteiger charge is 2.29. The topological polar surface area (TPSA) is 59.4 Å². The quantitative estimate of drug-likeness (QED) is 0.912. The summed E-state index contributed by atoms with van der Waals surface area (Å²) in [5.74, 6) is 0. The first-order chi connectivity index (χ1) is 9.33. The van der Waals surface area contributed by atoms with Crippen molar-refractivity contribution < 1.29 is 9.53 Å². The van der Waals surface area contributed by atoms with Gasteiger partial charge in [0.2, 0.25) is 0 Å². The molecule has 1 aromatic rings. The molecule has 6 nitrogen and oxygen atoms in total. The fourth-order valence-electron chi connectivity index (χ4n) is 2.24. The zero-order chi connectivity index (χ0) is 14.8. The minimum Gasteiger partial charge on any atom is -0.444 e. The molecule has 20 heavy (non-hydrogen) atoms. The number of likely N-dealkylation sites (tertiary alicyclic amines) is 1.